The van der Waals surface area contributed by atoms with Gasteiger partial charge >= 0.3 is 0 Å². The number of amides is 1. The van der Waals surface area contributed by atoms with Crippen molar-refractivity contribution in [2.24, 2.45) is 5.92 Å². The Balaban J connectivity index is 1.29. The predicted octanol–water partition coefficient (Wildman–Crippen LogP) is 4.52. The van der Waals surface area contributed by atoms with Gasteiger partial charge in [0.2, 0.25) is 5.91 Å². The van der Waals surface area contributed by atoms with Crippen molar-refractivity contribution in [2.75, 3.05) is 19.0 Å². The molecule has 0 unspecified atom stereocenters. The van der Waals surface area contributed by atoms with Gasteiger partial charge in [0.15, 0.2) is 16.7 Å². The lowest BCUT2D eigenvalue weighted by Gasteiger charge is -2.25. The third-order valence-electron chi connectivity index (χ3n) is 5.86. The molecule has 1 aliphatic heterocycles. The highest BCUT2D eigenvalue weighted by molar-refractivity contribution is 7.99. The maximum Gasteiger partial charge on any atom is 0.230 e. The van der Waals surface area contributed by atoms with Crippen LogP contribution in [0.15, 0.2) is 53.7 Å². The molecule has 0 spiro atoms. The molecule has 0 saturated heterocycles. The first-order valence-electron chi connectivity index (χ1n) is 11.4. The van der Waals surface area contributed by atoms with Crippen molar-refractivity contribution in [3.8, 4) is 17.2 Å². The zero-order valence-electron chi connectivity index (χ0n) is 18.9. The van der Waals surface area contributed by atoms with Gasteiger partial charge in [-0.1, -0.05) is 49.9 Å². The lowest BCUT2D eigenvalue weighted by Crippen LogP contribution is -2.33. The van der Waals surface area contributed by atoms with Crippen molar-refractivity contribution in [3.05, 3.63) is 59.9 Å². The molecule has 1 atom stereocenters. The fourth-order valence-electron chi connectivity index (χ4n) is 4.03. The second-order valence-corrected chi connectivity index (χ2v) is 9.71. The molecule has 2 aliphatic rings. The number of nitrogens with one attached hydrogen (secondary N) is 1. The Morgan fingerprint density at radius 3 is 2.58 bits per heavy atom. The van der Waals surface area contributed by atoms with E-state index in [1.165, 1.54) is 11.8 Å². The van der Waals surface area contributed by atoms with Crippen LogP contribution < -0.4 is 14.8 Å². The molecule has 8 heteroatoms. The molecule has 1 fully saturated rings. The van der Waals surface area contributed by atoms with Gasteiger partial charge in [0.25, 0.3) is 0 Å². The van der Waals surface area contributed by atoms with Gasteiger partial charge in [-0.05, 0) is 48.6 Å². The topological polar surface area (TPSA) is 78.3 Å². The number of aromatic nitrogens is 3. The van der Waals surface area contributed by atoms with E-state index in [1.807, 2.05) is 36.4 Å². The Morgan fingerprint density at radius 2 is 1.85 bits per heavy atom. The van der Waals surface area contributed by atoms with Crippen molar-refractivity contribution >= 4 is 17.7 Å². The second-order valence-electron chi connectivity index (χ2n) is 8.77. The first-order chi connectivity index (χ1) is 16.1. The van der Waals surface area contributed by atoms with E-state index in [2.05, 4.69) is 46.1 Å². The van der Waals surface area contributed by atoms with Gasteiger partial charge in [-0.25, -0.2) is 0 Å². The maximum atomic E-state index is 12.9. The molecular weight excluding hydrogens is 436 g/mol. The number of rotatable bonds is 8. The van der Waals surface area contributed by atoms with Crippen LogP contribution >= 0.6 is 11.8 Å². The third-order valence-corrected chi connectivity index (χ3v) is 6.79. The van der Waals surface area contributed by atoms with Gasteiger partial charge in [-0.3, -0.25) is 9.36 Å². The average molecular weight is 465 g/mol. The van der Waals surface area contributed by atoms with E-state index in [1.54, 1.807) is 0 Å². The van der Waals surface area contributed by atoms with E-state index < -0.39 is 0 Å². The summed E-state index contributed by atoms with van der Waals surface area (Å²) < 4.78 is 13.4. The third kappa shape index (κ3) is 4.85. The van der Waals surface area contributed by atoms with Crippen LogP contribution in [0.25, 0.3) is 5.69 Å². The minimum Gasteiger partial charge on any atom is -0.486 e. The predicted molar refractivity (Wildman–Crippen MR) is 127 cm³/mol. The largest absolute Gasteiger partial charge is 0.486 e. The summed E-state index contributed by atoms with van der Waals surface area (Å²) in [6.45, 7) is 5.30. The number of ether oxygens (including phenoxy) is 2. The zero-order valence-corrected chi connectivity index (χ0v) is 19.7. The molecular formula is C25H28N4O3S. The number of thioether (sulfide) groups is 1. The van der Waals surface area contributed by atoms with E-state index in [0.29, 0.717) is 19.1 Å². The van der Waals surface area contributed by atoms with Gasteiger partial charge in [0, 0.05) is 11.6 Å². The van der Waals surface area contributed by atoms with Crippen molar-refractivity contribution in [2.45, 2.75) is 43.8 Å². The quantitative estimate of drug-likeness (QED) is 0.494. The smallest absolute Gasteiger partial charge is 0.230 e. The highest BCUT2D eigenvalue weighted by atomic mass is 32.2. The Morgan fingerprint density at radius 1 is 1.09 bits per heavy atom. The van der Waals surface area contributed by atoms with Gasteiger partial charge < -0.3 is 14.8 Å². The molecule has 1 N–H and O–H groups in total. The highest BCUT2D eigenvalue weighted by Gasteiger charge is 2.31. The normalized spacial score (nSPS) is 16.0. The maximum absolute atomic E-state index is 12.9. The highest BCUT2D eigenvalue weighted by Crippen LogP contribution is 2.41. The minimum atomic E-state index is -0.122. The summed E-state index contributed by atoms with van der Waals surface area (Å²) in [7, 11) is 0. The average Bonchev–Trinajstić information content (AvgIpc) is 3.60. The summed E-state index contributed by atoms with van der Waals surface area (Å²) in [5, 5.41) is 12.8. The summed E-state index contributed by atoms with van der Waals surface area (Å²) in [6, 6.07) is 15.9. The number of hydrogen-bond donors (Lipinski definition) is 1. The molecule has 172 valence electrons. The molecule has 2 heterocycles. The monoisotopic (exact) mass is 464 g/mol. The van der Waals surface area contributed by atoms with Crippen LogP contribution in [-0.4, -0.2) is 39.6 Å². The Kier molecular flexibility index (Phi) is 6.26. The van der Waals surface area contributed by atoms with Gasteiger partial charge in [0.05, 0.1) is 11.8 Å². The standard InChI is InChI=1S/C25H28N4O3S/c1-16(2)23(18-10-11-20-21(14-18)32-13-12-31-20)26-22(30)15-33-25-28-27-24(17-8-9-17)29(25)19-6-4-3-5-7-19/h3-7,10-11,14,16-17,23H,8-9,12-13,15H2,1-2H3,(H,26,30)/t23-/m1/s1. The van der Waals surface area contributed by atoms with Crippen LogP contribution in [-0.2, 0) is 4.79 Å². The summed E-state index contributed by atoms with van der Waals surface area (Å²) in [5.41, 5.74) is 2.04. The van der Waals surface area contributed by atoms with Crippen LogP contribution in [0.1, 0.15) is 50.0 Å². The van der Waals surface area contributed by atoms with Crippen LogP contribution in [0.3, 0.4) is 0 Å². The van der Waals surface area contributed by atoms with Crippen molar-refractivity contribution in [3.63, 3.8) is 0 Å². The summed E-state index contributed by atoms with van der Waals surface area (Å²) in [4.78, 5) is 12.9. The number of carbonyl (C=O) groups excluding carboxylic acids is 1. The number of nitrogens with zero attached hydrogens (tertiary/aromatic N) is 3. The Labute approximate surface area is 197 Å². The van der Waals surface area contributed by atoms with Gasteiger partial charge in [-0.15, -0.1) is 10.2 Å². The van der Waals surface area contributed by atoms with Crippen molar-refractivity contribution in [1.82, 2.24) is 20.1 Å². The molecule has 3 aromatic rings. The molecule has 2 aromatic carbocycles. The van der Waals surface area contributed by atoms with Gasteiger partial charge in [0.1, 0.15) is 19.0 Å². The minimum absolute atomic E-state index is 0.0378. The molecule has 1 aliphatic carbocycles. The Bertz CT molecular complexity index is 1130. The molecule has 1 aromatic heterocycles. The van der Waals surface area contributed by atoms with Crippen LogP contribution in [0.5, 0.6) is 11.5 Å². The molecule has 0 bridgehead atoms. The fourth-order valence-corrected chi connectivity index (χ4v) is 4.80. The molecule has 33 heavy (non-hydrogen) atoms. The van der Waals surface area contributed by atoms with E-state index in [0.717, 1.165) is 46.6 Å². The Hall–Kier alpha value is -3.00. The molecule has 5 rings (SSSR count). The van der Waals surface area contributed by atoms with Crippen molar-refractivity contribution in [1.29, 1.82) is 0 Å². The van der Waals surface area contributed by atoms with Gasteiger partial charge in [-0.2, -0.15) is 0 Å². The number of benzene rings is 2. The van der Waals surface area contributed by atoms with E-state index in [-0.39, 0.29) is 23.6 Å². The first-order valence-corrected chi connectivity index (χ1v) is 12.4. The molecule has 1 saturated carbocycles. The zero-order chi connectivity index (χ0) is 22.8. The van der Waals surface area contributed by atoms with E-state index in [9.17, 15) is 4.79 Å². The number of carbonyl (C=O) groups is 1. The lowest BCUT2D eigenvalue weighted by molar-refractivity contribution is -0.119. The second kappa shape index (κ2) is 9.47. The number of para-hydroxylation sites is 1. The molecule has 7 nitrogen and oxygen atoms in total. The number of fused-ring (bicyclic) bond motifs is 1. The van der Waals surface area contributed by atoms with E-state index >= 15 is 0 Å². The SMILES string of the molecule is CC(C)[C@@H](NC(=O)CSc1nnc(C2CC2)n1-c1ccccc1)c1ccc2c(c1)OCCO2. The molecule has 1 amide bonds. The van der Waals surface area contributed by atoms with Crippen LogP contribution in [0, 0.1) is 5.92 Å². The summed E-state index contributed by atoms with van der Waals surface area (Å²) in [5.74, 6) is 3.38. The fraction of sp³-hybridized carbons (Fsp3) is 0.400. The number of hydrogen-bond acceptors (Lipinski definition) is 6. The molecule has 0 radical (unpaired) electrons. The van der Waals surface area contributed by atoms with Crippen LogP contribution in [0.2, 0.25) is 0 Å². The first kappa shape index (κ1) is 21.8. The summed E-state index contributed by atoms with van der Waals surface area (Å²) in [6.07, 6.45) is 2.28. The summed E-state index contributed by atoms with van der Waals surface area (Å²) >= 11 is 1.42. The lowest BCUT2D eigenvalue weighted by atomic mass is 9.95. The van der Waals surface area contributed by atoms with E-state index in [4.69, 9.17) is 9.47 Å². The van der Waals surface area contributed by atoms with Crippen molar-refractivity contribution < 1.29 is 14.3 Å². The van der Waals surface area contributed by atoms with Crippen LogP contribution in [0.4, 0.5) is 0 Å².